The first-order valence-corrected chi connectivity index (χ1v) is 12.6. The zero-order valence-corrected chi connectivity index (χ0v) is 21.3. The van der Waals surface area contributed by atoms with Crippen LogP contribution in [0.2, 0.25) is 0 Å². The molecule has 0 radical (unpaired) electrons. The van der Waals surface area contributed by atoms with Crippen molar-refractivity contribution in [3.8, 4) is 0 Å². The van der Waals surface area contributed by atoms with Crippen molar-refractivity contribution in [1.82, 2.24) is 4.90 Å². The minimum atomic E-state index is -0.555. The second-order valence-corrected chi connectivity index (χ2v) is 11.1. The maximum atomic E-state index is 13.1. The highest BCUT2D eigenvalue weighted by molar-refractivity contribution is 5.81. The first-order chi connectivity index (χ1) is 15.5. The molecule has 0 spiro atoms. The van der Waals surface area contributed by atoms with Crippen molar-refractivity contribution < 1.29 is 24.2 Å². The van der Waals surface area contributed by atoms with Crippen molar-refractivity contribution in [3.05, 3.63) is 23.8 Å². The Hall–Kier alpha value is -1.66. The molecule has 0 aromatic carbocycles. The third kappa shape index (κ3) is 6.07. The fourth-order valence-electron chi connectivity index (χ4n) is 5.39. The van der Waals surface area contributed by atoms with Crippen LogP contribution in [0.15, 0.2) is 23.8 Å². The second kappa shape index (κ2) is 10.7. The van der Waals surface area contributed by atoms with Crippen LogP contribution in [-0.4, -0.2) is 60.9 Å². The van der Waals surface area contributed by atoms with Crippen molar-refractivity contribution in [1.29, 1.82) is 0 Å². The third-order valence-corrected chi connectivity index (χ3v) is 8.01. The van der Waals surface area contributed by atoms with Crippen molar-refractivity contribution in [2.75, 3.05) is 20.7 Å². The average Bonchev–Trinajstić information content (AvgIpc) is 2.77. The summed E-state index contributed by atoms with van der Waals surface area (Å²) in [6, 6.07) is 0. The molecular formula is C27H43NO5. The third-order valence-electron chi connectivity index (χ3n) is 8.01. The predicted octanol–water partition coefficient (Wildman–Crippen LogP) is 4.13. The van der Waals surface area contributed by atoms with Crippen LogP contribution in [0.1, 0.15) is 66.2 Å². The maximum Gasteiger partial charge on any atom is 0.311 e. The molecule has 0 aromatic heterocycles. The number of hydrogen-bond acceptors (Lipinski definition) is 5. The first-order valence-electron chi connectivity index (χ1n) is 12.6. The Balaban J connectivity index is 1.85. The molecule has 0 saturated carbocycles. The van der Waals surface area contributed by atoms with Gasteiger partial charge in [0.25, 0.3) is 0 Å². The Bertz CT molecular complexity index is 770. The molecule has 1 amide bonds. The zero-order chi connectivity index (χ0) is 24.3. The van der Waals surface area contributed by atoms with Gasteiger partial charge < -0.3 is 19.5 Å². The minimum absolute atomic E-state index is 0.0462. The number of carbonyl (C=O) groups excluding carboxylic acids is 2. The summed E-state index contributed by atoms with van der Waals surface area (Å²) in [4.78, 5) is 27.5. The molecule has 6 heteroatoms. The van der Waals surface area contributed by atoms with Crippen LogP contribution < -0.4 is 0 Å². The van der Waals surface area contributed by atoms with Crippen molar-refractivity contribution in [2.24, 2.45) is 29.1 Å². The SMILES string of the molecule is CCC(C)(C)C(=O)O[C@H]1C[C@H](C(=O)N(C)C)C=C2C=C[C@H](C)[C@H](CC[C@@H]3C[C@H](O)CCO3)[C@H]21. The van der Waals surface area contributed by atoms with Crippen LogP contribution in [0.25, 0.3) is 0 Å². The van der Waals surface area contributed by atoms with Crippen molar-refractivity contribution >= 4 is 11.9 Å². The molecule has 1 aliphatic heterocycles. The average molecular weight is 462 g/mol. The molecule has 1 fully saturated rings. The smallest absolute Gasteiger partial charge is 0.311 e. The highest BCUT2D eigenvalue weighted by atomic mass is 16.5. The van der Waals surface area contributed by atoms with Crippen LogP contribution in [0.3, 0.4) is 0 Å². The van der Waals surface area contributed by atoms with Crippen molar-refractivity contribution in [2.45, 2.75) is 84.5 Å². The Morgan fingerprint density at radius 2 is 1.97 bits per heavy atom. The van der Waals surface area contributed by atoms with Gasteiger partial charge in [0.1, 0.15) is 6.10 Å². The molecule has 0 unspecified atom stereocenters. The molecule has 33 heavy (non-hydrogen) atoms. The van der Waals surface area contributed by atoms with Crippen LogP contribution >= 0.6 is 0 Å². The lowest BCUT2D eigenvalue weighted by atomic mass is 9.65. The number of allylic oxidation sites excluding steroid dienone is 2. The summed E-state index contributed by atoms with van der Waals surface area (Å²) in [5.74, 6) is 0.270. The second-order valence-electron chi connectivity index (χ2n) is 11.1. The highest BCUT2D eigenvalue weighted by Crippen LogP contribution is 2.46. The molecule has 1 heterocycles. The molecule has 0 bridgehead atoms. The number of fused-ring (bicyclic) bond motifs is 1. The molecule has 3 aliphatic rings. The number of rotatable bonds is 7. The van der Waals surface area contributed by atoms with Gasteiger partial charge in [-0.25, -0.2) is 0 Å². The van der Waals surface area contributed by atoms with E-state index in [1.165, 1.54) is 0 Å². The quantitative estimate of drug-likeness (QED) is 0.577. The van der Waals surface area contributed by atoms with Gasteiger partial charge in [-0.05, 0) is 63.4 Å². The van der Waals surface area contributed by atoms with Gasteiger partial charge in [0.05, 0.1) is 23.5 Å². The van der Waals surface area contributed by atoms with Crippen molar-refractivity contribution in [3.63, 3.8) is 0 Å². The van der Waals surface area contributed by atoms with Gasteiger partial charge in [0, 0.05) is 33.0 Å². The lowest BCUT2D eigenvalue weighted by Gasteiger charge is -2.44. The summed E-state index contributed by atoms with van der Waals surface area (Å²) in [6.45, 7) is 8.67. The summed E-state index contributed by atoms with van der Waals surface area (Å²) in [7, 11) is 3.54. The van der Waals surface area contributed by atoms with E-state index in [1.54, 1.807) is 19.0 Å². The first kappa shape index (κ1) is 26.0. The van der Waals surface area contributed by atoms with Gasteiger partial charge >= 0.3 is 5.97 Å². The van der Waals surface area contributed by atoms with Gasteiger partial charge in [-0.2, -0.15) is 0 Å². The monoisotopic (exact) mass is 461 g/mol. The molecule has 0 aromatic rings. The molecule has 1 N–H and O–H groups in total. The summed E-state index contributed by atoms with van der Waals surface area (Å²) in [5, 5.41) is 10.0. The maximum absolute atomic E-state index is 13.1. The molecule has 6 nitrogen and oxygen atoms in total. The number of aliphatic hydroxyl groups is 1. The van der Waals surface area contributed by atoms with E-state index in [2.05, 4.69) is 25.2 Å². The molecule has 2 aliphatic carbocycles. The number of hydrogen-bond donors (Lipinski definition) is 1. The van der Waals surface area contributed by atoms with Gasteiger partial charge in [0.2, 0.25) is 5.91 Å². The highest BCUT2D eigenvalue weighted by Gasteiger charge is 2.45. The number of aliphatic hydroxyl groups excluding tert-OH is 1. The van der Waals surface area contributed by atoms with E-state index >= 15 is 0 Å². The van der Waals surface area contributed by atoms with Gasteiger partial charge in [-0.1, -0.05) is 32.1 Å². The normalized spacial score (nSPS) is 34.3. The Morgan fingerprint density at radius 3 is 2.61 bits per heavy atom. The number of esters is 1. The molecule has 186 valence electrons. The minimum Gasteiger partial charge on any atom is -0.461 e. The van der Waals surface area contributed by atoms with E-state index in [-0.39, 0.29) is 42.0 Å². The molecule has 1 saturated heterocycles. The van der Waals surface area contributed by atoms with E-state index in [4.69, 9.17) is 9.47 Å². The van der Waals surface area contributed by atoms with Crippen LogP contribution in [0.5, 0.6) is 0 Å². The summed E-state index contributed by atoms with van der Waals surface area (Å²) in [5.41, 5.74) is 0.557. The number of amides is 1. The largest absolute Gasteiger partial charge is 0.461 e. The predicted molar refractivity (Wildman–Crippen MR) is 128 cm³/mol. The van der Waals surface area contributed by atoms with Crippen LogP contribution in [0.4, 0.5) is 0 Å². The van der Waals surface area contributed by atoms with E-state index in [0.717, 1.165) is 18.4 Å². The molecular weight excluding hydrogens is 418 g/mol. The lowest BCUT2D eigenvalue weighted by Crippen LogP contribution is -2.45. The standard InChI is InChI=1S/C27H43NO5/c1-7-27(3,4)26(31)33-23-15-19(25(30)28(5)6)14-18-9-8-17(2)22(24(18)23)11-10-21-16-20(29)12-13-32-21/h8-9,14,17,19-24,29H,7,10-13,15-16H2,1-6H3/t17-,19+,20+,21+,22-,23-,24-/m0/s1. The van der Waals surface area contributed by atoms with Gasteiger partial charge in [-0.15, -0.1) is 0 Å². The van der Waals surface area contributed by atoms with E-state index in [0.29, 0.717) is 44.1 Å². The van der Waals surface area contributed by atoms with Gasteiger partial charge in [0.15, 0.2) is 0 Å². The van der Waals surface area contributed by atoms with E-state index in [1.807, 2.05) is 20.8 Å². The zero-order valence-electron chi connectivity index (χ0n) is 21.3. The topological polar surface area (TPSA) is 76.1 Å². The Kier molecular flexibility index (Phi) is 8.44. The lowest BCUT2D eigenvalue weighted by molar-refractivity contribution is -0.166. The summed E-state index contributed by atoms with van der Waals surface area (Å²) in [6.07, 6.45) is 10.4. The van der Waals surface area contributed by atoms with Gasteiger partial charge in [-0.3, -0.25) is 9.59 Å². The fraction of sp³-hybridized carbons (Fsp3) is 0.778. The van der Waals surface area contributed by atoms with Crippen LogP contribution in [0, 0.1) is 29.1 Å². The summed E-state index contributed by atoms with van der Waals surface area (Å²) < 4.78 is 12.1. The fourth-order valence-corrected chi connectivity index (χ4v) is 5.39. The summed E-state index contributed by atoms with van der Waals surface area (Å²) >= 11 is 0. The number of nitrogens with zero attached hydrogens (tertiary/aromatic N) is 1. The van der Waals surface area contributed by atoms with E-state index < -0.39 is 5.41 Å². The molecule has 7 atom stereocenters. The molecule has 3 rings (SSSR count). The number of ether oxygens (including phenoxy) is 2. The Morgan fingerprint density at radius 1 is 1.24 bits per heavy atom. The van der Waals surface area contributed by atoms with Crippen LogP contribution in [-0.2, 0) is 19.1 Å². The Labute approximate surface area is 199 Å². The van der Waals surface area contributed by atoms with E-state index in [9.17, 15) is 14.7 Å². The number of carbonyl (C=O) groups is 2.